The zero-order chi connectivity index (χ0) is 19.2. The topological polar surface area (TPSA) is 43.3 Å². The van der Waals surface area contributed by atoms with Crippen LogP contribution in [0.15, 0.2) is 29.3 Å². The van der Waals surface area contributed by atoms with Crippen LogP contribution in [0.5, 0.6) is 5.75 Å². The summed E-state index contributed by atoms with van der Waals surface area (Å²) in [6, 6.07) is 9.54. The number of ether oxygens (including phenoxy) is 1. The molecule has 3 rings (SSSR count). The third-order valence-electron chi connectivity index (χ3n) is 5.66. The molecule has 0 bridgehead atoms. The second-order valence-corrected chi connectivity index (χ2v) is 7.59. The molecule has 6 nitrogen and oxygen atoms in total. The van der Waals surface area contributed by atoms with Gasteiger partial charge in [0.15, 0.2) is 5.96 Å². The molecule has 0 spiro atoms. The fourth-order valence-corrected chi connectivity index (χ4v) is 3.67. The standard InChI is InChI=1S/C21H35N5O/c1-5-22-21(23-16-17(2)24(3)18-10-11-18)26-14-12-25(13-15-26)19-8-6-7-9-20(19)27-4/h6-9,17-18H,5,10-16H2,1-4H3,(H,22,23). The quantitative estimate of drug-likeness (QED) is 0.587. The Labute approximate surface area is 164 Å². The number of benzene rings is 1. The van der Waals surface area contributed by atoms with Gasteiger partial charge in [-0.15, -0.1) is 0 Å². The van der Waals surface area contributed by atoms with Gasteiger partial charge in [0.2, 0.25) is 0 Å². The predicted molar refractivity (Wildman–Crippen MR) is 113 cm³/mol. The Morgan fingerprint density at radius 1 is 1.26 bits per heavy atom. The van der Waals surface area contributed by atoms with Crippen LogP contribution in [0.1, 0.15) is 26.7 Å². The van der Waals surface area contributed by atoms with Crippen LogP contribution in [0.2, 0.25) is 0 Å². The SMILES string of the molecule is CCNC(=NCC(C)N(C)C1CC1)N1CCN(c2ccccc2OC)CC1. The van der Waals surface area contributed by atoms with E-state index in [2.05, 4.69) is 53.0 Å². The molecule has 1 saturated carbocycles. The summed E-state index contributed by atoms with van der Waals surface area (Å²) in [5.74, 6) is 2.00. The van der Waals surface area contributed by atoms with Gasteiger partial charge in [0, 0.05) is 44.8 Å². The molecule has 0 radical (unpaired) electrons. The van der Waals surface area contributed by atoms with E-state index in [-0.39, 0.29) is 0 Å². The van der Waals surface area contributed by atoms with Gasteiger partial charge in [-0.05, 0) is 45.9 Å². The highest BCUT2D eigenvalue weighted by Gasteiger charge is 2.29. The monoisotopic (exact) mass is 373 g/mol. The van der Waals surface area contributed by atoms with Crippen molar-refractivity contribution in [2.24, 2.45) is 4.99 Å². The first-order valence-electron chi connectivity index (χ1n) is 10.3. The molecule has 1 saturated heterocycles. The molecule has 0 amide bonds. The highest BCUT2D eigenvalue weighted by Crippen LogP contribution is 2.28. The van der Waals surface area contributed by atoms with Gasteiger partial charge in [0.05, 0.1) is 19.3 Å². The molecule has 6 heteroatoms. The number of para-hydroxylation sites is 2. The summed E-state index contributed by atoms with van der Waals surface area (Å²) in [6.45, 7) is 10.1. The Bertz CT molecular complexity index is 623. The van der Waals surface area contributed by atoms with E-state index in [0.717, 1.165) is 57.0 Å². The molecular formula is C21H35N5O. The molecule has 1 heterocycles. The number of hydrogen-bond acceptors (Lipinski definition) is 4. The summed E-state index contributed by atoms with van der Waals surface area (Å²) in [5, 5.41) is 3.48. The maximum atomic E-state index is 5.53. The predicted octanol–water partition coefficient (Wildman–Crippen LogP) is 2.27. The molecule has 1 N–H and O–H groups in total. The van der Waals surface area contributed by atoms with Crippen molar-refractivity contribution in [3.8, 4) is 5.75 Å². The van der Waals surface area contributed by atoms with Gasteiger partial charge in [0.25, 0.3) is 0 Å². The van der Waals surface area contributed by atoms with Crippen LogP contribution >= 0.6 is 0 Å². The molecule has 2 aliphatic rings. The lowest BCUT2D eigenvalue weighted by Gasteiger charge is -2.38. The lowest BCUT2D eigenvalue weighted by Crippen LogP contribution is -2.53. The van der Waals surface area contributed by atoms with Crippen LogP contribution in [0, 0.1) is 0 Å². The molecular weight excluding hydrogens is 338 g/mol. The highest BCUT2D eigenvalue weighted by molar-refractivity contribution is 5.80. The maximum absolute atomic E-state index is 5.53. The average molecular weight is 374 g/mol. The van der Waals surface area contributed by atoms with E-state index in [0.29, 0.717) is 6.04 Å². The molecule has 0 aromatic heterocycles. The first kappa shape index (κ1) is 19.8. The van der Waals surface area contributed by atoms with Gasteiger partial charge in [0.1, 0.15) is 5.75 Å². The van der Waals surface area contributed by atoms with Gasteiger partial charge < -0.3 is 19.9 Å². The molecule has 1 aromatic carbocycles. The van der Waals surface area contributed by atoms with Crippen molar-refractivity contribution < 1.29 is 4.74 Å². The van der Waals surface area contributed by atoms with Gasteiger partial charge in [-0.2, -0.15) is 0 Å². The number of hydrogen-bond donors (Lipinski definition) is 1. The lowest BCUT2D eigenvalue weighted by atomic mass is 10.2. The summed E-state index contributed by atoms with van der Waals surface area (Å²) in [6.07, 6.45) is 2.69. The van der Waals surface area contributed by atoms with Crippen molar-refractivity contribution in [2.45, 2.75) is 38.8 Å². The normalized spacial score (nSPS) is 19.4. The third-order valence-corrected chi connectivity index (χ3v) is 5.66. The Morgan fingerprint density at radius 3 is 2.59 bits per heavy atom. The number of nitrogens with zero attached hydrogens (tertiary/aromatic N) is 4. The number of nitrogens with one attached hydrogen (secondary N) is 1. The minimum Gasteiger partial charge on any atom is -0.495 e. The number of methoxy groups -OCH3 is 1. The van der Waals surface area contributed by atoms with E-state index in [9.17, 15) is 0 Å². The third kappa shape index (κ3) is 5.06. The minimum atomic E-state index is 0.487. The Balaban J connectivity index is 1.58. The van der Waals surface area contributed by atoms with E-state index in [1.54, 1.807) is 7.11 Å². The lowest BCUT2D eigenvalue weighted by molar-refractivity contribution is 0.252. The molecule has 2 fully saturated rings. The van der Waals surface area contributed by atoms with Gasteiger partial charge >= 0.3 is 0 Å². The largest absolute Gasteiger partial charge is 0.495 e. The molecule has 1 unspecified atom stereocenters. The van der Waals surface area contributed by atoms with Crippen molar-refractivity contribution in [1.29, 1.82) is 0 Å². The van der Waals surface area contributed by atoms with Crippen molar-refractivity contribution >= 4 is 11.6 Å². The molecule has 1 aromatic rings. The smallest absolute Gasteiger partial charge is 0.194 e. The van der Waals surface area contributed by atoms with E-state index in [4.69, 9.17) is 9.73 Å². The number of anilines is 1. The average Bonchev–Trinajstić information content (AvgIpc) is 3.55. The minimum absolute atomic E-state index is 0.487. The van der Waals surface area contributed by atoms with Crippen molar-refractivity contribution in [1.82, 2.24) is 15.1 Å². The van der Waals surface area contributed by atoms with Crippen molar-refractivity contribution in [2.75, 3.05) is 58.3 Å². The Hall–Kier alpha value is -1.95. The van der Waals surface area contributed by atoms with Crippen LogP contribution in [-0.2, 0) is 0 Å². The summed E-state index contributed by atoms with van der Waals surface area (Å²) >= 11 is 0. The van der Waals surface area contributed by atoms with Crippen molar-refractivity contribution in [3.63, 3.8) is 0 Å². The van der Waals surface area contributed by atoms with Crippen LogP contribution in [0.3, 0.4) is 0 Å². The zero-order valence-corrected chi connectivity index (χ0v) is 17.3. The van der Waals surface area contributed by atoms with E-state index in [1.807, 2.05) is 12.1 Å². The fraction of sp³-hybridized carbons (Fsp3) is 0.667. The second-order valence-electron chi connectivity index (χ2n) is 7.59. The van der Waals surface area contributed by atoms with Crippen LogP contribution in [-0.4, -0.2) is 81.3 Å². The number of aliphatic imine (C=N–C) groups is 1. The first-order valence-corrected chi connectivity index (χ1v) is 10.3. The Morgan fingerprint density at radius 2 is 1.96 bits per heavy atom. The maximum Gasteiger partial charge on any atom is 0.194 e. The molecule has 150 valence electrons. The number of piperazine rings is 1. The molecule has 27 heavy (non-hydrogen) atoms. The van der Waals surface area contributed by atoms with Gasteiger partial charge in [-0.1, -0.05) is 12.1 Å². The van der Waals surface area contributed by atoms with Crippen molar-refractivity contribution in [3.05, 3.63) is 24.3 Å². The molecule has 1 aliphatic carbocycles. The highest BCUT2D eigenvalue weighted by atomic mass is 16.5. The number of rotatable bonds is 7. The summed E-state index contributed by atoms with van der Waals surface area (Å²) in [5.41, 5.74) is 1.18. The van der Waals surface area contributed by atoms with Gasteiger partial charge in [-0.3, -0.25) is 9.89 Å². The number of likely N-dealkylation sites (N-methyl/N-ethyl adjacent to an activating group) is 1. The second kappa shape index (κ2) is 9.31. The first-order chi connectivity index (χ1) is 13.1. The zero-order valence-electron chi connectivity index (χ0n) is 17.3. The molecule has 1 aliphatic heterocycles. The van der Waals surface area contributed by atoms with Crippen LogP contribution in [0.25, 0.3) is 0 Å². The molecule has 1 atom stereocenters. The fourth-order valence-electron chi connectivity index (χ4n) is 3.67. The Kier molecular flexibility index (Phi) is 6.83. The van der Waals surface area contributed by atoms with Crippen LogP contribution < -0.4 is 15.0 Å². The number of guanidine groups is 1. The summed E-state index contributed by atoms with van der Waals surface area (Å²) in [7, 11) is 3.97. The van der Waals surface area contributed by atoms with E-state index < -0.39 is 0 Å². The van der Waals surface area contributed by atoms with Gasteiger partial charge in [-0.25, -0.2) is 0 Å². The summed E-state index contributed by atoms with van der Waals surface area (Å²) < 4.78 is 5.53. The summed E-state index contributed by atoms with van der Waals surface area (Å²) in [4.78, 5) is 12.2. The van der Waals surface area contributed by atoms with E-state index in [1.165, 1.54) is 18.5 Å². The van der Waals surface area contributed by atoms with E-state index >= 15 is 0 Å². The van der Waals surface area contributed by atoms with Crippen LogP contribution in [0.4, 0.5) is 5.69 Å².